The van der Waals surface area contributed by atoms with Crippen LogP contribution in [-0.4, -0.2) is 40.8 Å². The lowest BCUT2D eigenvalue weighted by Gasteiger charge is -2.29. The molecule has 0 spiro atoms. The summed E-state index contributed by atoms with van der Waals surface area (Å²) in [5.74, 6) is 0.467. The van der Waals surface area contributed by atoms with Gasteiger partial charge in [0.05, 0.1) is 26.2 Å². The van der Waals surface area contributed by atoms with E-state index in [1.165, 1.54) is 19.8 Å². The van der Waals surface area contributed by atoms with Crippen molar-refractivity contribution in [3.63, 3.8) is 0 Å². The summed E-state index contributed by atoms with van der Waals surface area (Å²) in [7, 11) is -0.767. The highest BCUT2D eigenvalue weighted by Gasteiger charge is 2.29. The molecule has 2 aromatic carbocycles. The van der Waals surface area contributed by atoms with Crippen LogP contribution in [0.4, 0.5) is 5.69 Å². The Morgan fingerprint density at radius 2 is 1.68 bits per heavy atom. The summed E-state index contributed by atoms with van der Waals surface area (Å²) < 4.78 is 36.7. The van der Waals surface area contributed by atoms with E-state index in [4.69, 9.17) is 9.47 Å². The van der Waals surface area contributed by atoms with Crippen molar-refractivity contribution in [2.24, 2.45) is 0 Å². The first-order valence-corrected chi connectivity index (χ1v) is 12.1. The molecule has 0 saturated heterocycles. The van der Waals surface area contributed by atoms with Crippen LogP contribution in [0.15, 0.2) is 36.4 Å². The van der Waals surface area contributed by atoms with Crippen molar-refractivity contribution in [1.82, 2.24) is 5.32 Å². The smallest absolute Gasteiger partial charge is 0.243 e. The summed E-state index contributed by atoms with van der Waals surface area (Å²) in [6, 6.07) is 10.1. The van der Waals surface area contributed by atoms with Gasteiger partial charge in [-0.3, -0.25) is 9.10 Å². The molecule has 0 bridgehead atoms. The molecule has 31 heavy (non-hydrogen) atoms. The Morgan fingerprint density at radius 1 is 1.00 bits per heavy atom. The number of carbonyl (C=O) groups excluding carboxylic acids is 1. The number of sulfonamides is 1. The minimum atomic E-state index is -3.74. The van der Waals surface area contributed by atoms with E-state index in [9.17, 15) is 13.2 Å². The Kier molecular flexibility index (Phi) is 8.33. The second kappa shape index (κ2) is 10.5. The predicted molar refractivity (Wildman–Crippen MR) is 123 cm³/mol. The second-order valence-corrected chi connectivity index (χ2v) is 9.16. The van der Waals surface area contributed by atoms with Crippen LogP contribution < -0.4 is 19.1 Å². The Labute approximate surface area is 185 Å². The van der Waals surface area contributed by atoms with Gasteiger partial charge in [0.1, 0.15) is 6.04 Å². The van der Waals surface area contributed by atoms with Gasteiger partial charge in [0.2, 0.25) is 15.9 Å². The standard InChI is InChI=1S/C23H32N2O5S/c1-7-17-9-10-18(8-2)19(13-17)15-24-23(26)16(3)25(31(6,27)28)20-11-12-21(29-4)22(14-20)30-5/h9-14,16H,7-8,15H2,1-6H3,(H,24,26). The Morgan fingerprint density at radius 3 is 2.23 bits per heavy atom. The molecule has 0 saturated carbocycles. The Bertz CT molecular complexity index is 1020. The molecule has 2 aromatic rings. The zero-order valence-corrected chi connectivity index (χ0v) is 19.9. The number of hydrogen-bond donors (Lipinski definition) is 1. The lowest BCUT2D eigenvalue weighted by atomic mass is 10.0. The van der Waals surface area contributed by atoms with Crippen molar-refractivity contribution in [3.05, 3.63) is 53.1 Å². The number of anilines is 1. The molecule has 0 radical (unpaired) electrons. The zero-order valence-electron chi connectivity index (χ0n) is 19.1. The minimum Gasteiger partial charge on any atom is -0.493 e. The maximum absolute atomic E-state index is 12.9. The highest BCUT2D eigenvalue weighted by atomic mass is 32.2. The molecule has 0 aliphatic rings. The molecule has 0 aliphatic heterocycles. The van der Waals surface area contributed by atoms with E-state index in [0.29, 0.717) is 23.7 Å². The van der Waals surface area contributed by atoms with Crippen LogP contribution in [-0.2, 0) is 34.2 Å². The molecular formula is C23H32N2O5S. The van der Waals surface area contributed by atoms with Gasteiger partial charge in [0.15, 0.2) is 11.5 Å². The Hall–Kier alpha value is -2.74. The fourth-order valence-electron chi connectivity index (χ4n) is 3.51. The van der Waals surface area contributed by atoms with Gasteiger partial charge < -0.3 is 14.8 Å². The number of methoxy groups -OCH3 is 2. The van der Waals surface area contributed by atoms with Crippen molar-refractivity contribution in [2.45, 2.75) is 46.2 Å². The lowest BCUT2D eigenvalue weighted by molar-refractivity contribution is -0.122. The number of carbonyl (C=O) groups is 1. The third-order valence-electron chi connectivity index (χ3n) is 5.22. The van der Waals surface area contributed by atoms with Gasteiger partial charge in [0, 0.05) is 12.6 Å². The summed E-state index contributed by atoms with van der Waals surface area (Å²) in [5, 5.41) is 2.90. The summed E-state index contributed by atoms with van der Waals surface area (Å²) in [4.78, 5) is 12.9. The first-order valence-electron chi connectivity index (χ1n) is 10.3. The first-order chi connectivity index (χ1) is 14.7. The second-order valence-electron chi connectivity index (χ2n) is 7.30. The third-order valence-corrected chi connectivity index (χ3v) is 6.46. The van der Waals surface area contributed by atoms with Crippen LogP contribution in [0.5, 0.6) is 11.5 Å². The number of hydrogen-bond acceptors (Lipinski definition) is 5. The van der Waals surface area contributed by atoms with Crippen LogP contribution in [0.1, 0.15) is 37.5 Å². The van der Waals surface area contributed by atoms with Crippen LogP contribution in [0.2, 0.25) is 0 Å². The largest absolute Gasteiger partial charge is 0.493 e. The highest BCUT2D eigenvalue weighted by molar-refractivity contribution is 7.92. The highest BCUT2D eigenvalue weighted by Crippen LogP contribution is 2.33. The van der Waals surface area contributed by atoms with Gasteiger partial charge >= 0.3 is 0 Å². The molecule has 2 rings (SSSR count). The van der Waals surface area contributed by atoms with Crippen molar-refractivity contribution in [1.29, 1.82) is 0 Å². The maximum Gasteiger partial charge on any atom is 0.243 e. The molecule has 0 aliphatic carbocycles. The summed E-state index contributed by atoms with van der Waals surface area (Å²) >= 11 is 0. The van der Waals surface area contributed by atoms with Gasteiger partial charge in [-0.2, -0.15) is 0 Å². The maximum atomic E-state index is 12.9. The Balaban J connectivity index is 2.29. The summed E-state index contributed by atoms with van der Waals surface area (Å²) in [5.41, 5.74) is 3.71. The summed E-state index contributed by atoms with van der Waals surface area (Å²) in [6.45, 7) is 6.05. The molecule has 7 nitrogen and oxygen atoms in total. The SMILES string of the molecule is CCc1ccc(CC)c(CNC(=O)C(C)N(c2ccc(OC)c(OC)c2)S(C)(=O)=O)c1. The zero-order chi connectivity index (χ0) is 23.2. The minimum absolute atomic E-state index is 0.324. The average Bonchev–Trinajstić information content (AvgIpc) is 2.75. The van der Waals surface area contributed by atoms with Crippen molar-refractivity contribution in [2.75, 3.05) is 24.8 Å². The number of nitrogens with zero attached hydrogens (tertiary/aromatic N) is 1. The van der Waals surface area contributed by atoms with Crippen LogP contribution in [0, 0.1) is 0 Å². The molecule has 0 aromatic heterocycles. The van der Waals surface area contributed by atoms with E-state index in [2.05, 4.69) is 37.4 Å². The van der Waals surface area contributed by atoms with Crippen molar-refractivity contribution < 1.29 is 22.7 Å². The molecular weight excluding hydrogens is 416 g/mol. The van der Waals surface area contributed by atoms with Gasteiger partial charge in [-0.25, -0.2) is 8.42 Å². The van der Waals surface area contributed by atoms with Gasteiger partial charge in [-0.1, -0.05) is 32.0 Å². The molecule has 1 N–H and O–H groups in total. The number of nitrogens with one attached hydrogen (secondary N) is 1. The topological polar surface area (TPSA) is 84.9 Å². The molecule has 0 heterocycles. The monoisotopic (exact) mass is 448 g/mol. The number of amides is 1. The lowest BCUT2D eigenvalue weighted by Crippen LogP contribution is -2.47. The predicted octanol–water partition coefficient (Wildman–Crippen LogP) is 3.30. The van der Waals surface area contributed by atoms with E-state index >= 15 is 0 Å². The van der Waals surface area contributed by atoms with E-state index in [0.717, 1.165) is 34.5 Å². The fraction of sp³-hybridized carbons (Fsp3) is 0.435. The van der Waals surface area contributed by atoms with Crippen molar-refractivity contribution >= 4 is 21.6 Å². The number of benzene rings is 2. The average molecular weight is 449 g/mol. The molecule has 1 unspecified atom stereocenters. The normalized spacial score (nSPS) is 12.2. The van der Waals surface area contributed by atoms with Crippen LogP contribution in [0.25, 0.3) is 0 Å². The molecule has 1 atom stereocenters. The van der Waals surface area contributed by atoms with Crippen LogP contribution >= 0.6 is 0 Å². The molecule has 170 valence electrons. The van der Waals surface area contributed by atoms with E-state index < -0.39 is 16.1 Å². The molecule has 0 fully saturated rings. The quantitative estimate of drug-likeness (QED) is 0.603. The van der Waals surface area contributed by atoms with Gasteiger partial charge in [0.25, 0.3) is 0 Å². The van der Waals surface area contributed by atoms with Crippen LogP contribution in [0.3, 0.4) is 0 Å². The van der Waals surface area contributed by atoms with E-state index in [1.54, 1.807) is 25.1 Å². The number of ether oxygens (including phenoxy) is 2. The molecule has 1 amide bonds. The van der Waals surface area contributed by atoms with E-state index in [-0.39, 0.29) is 5.91 Å². The first kappa shape index (κ1) is 24.5. The summed E-state index contributed by atoms with van der Waals surface area (Å²) in [6.07, 6.45) is 2.84. The number of rotatable bonds is 10. The third kappa shape index (κ3) is 5.91. The molecule has 8 heteroatoms. The van der Waals surface area contributed by atoms with Gasteiger partial charge in [-0.15, -0.1) is 0 Å². The van der Waals surface area contributed by atoms with E-state index in [1.807, 2.05) is 0 Å². The van der Waals surface area contributed by atoms with Gasteiger partial charge in [-0.05, 0) is 48.6 Å². The fourth-order valence-corrected chi connectivity index (χ4v) is 4.68. The van der Waals surface area contributed by atoms with Crippen molar-refractivity contribution in [3.8, 4) is 11.5 Å². The number of aryl methyl sites for hydroxylation is 2.